The second-order valence-corrected chi connectivity index (χ2v) is 8.57. The summed E-state index contributed by atoms with van der Waals surface area (Å²) in [6.45, 7) is 7.02. The van der Waals surface area contributed by atoms with Crippen molar-refractivity contribution in [3.05, 3.63) is 29.3 Å². The zero-order chi connectivity index (χ0) is 18.0. The Labute approximate surface area is 155 Å². The van der Waals surface area contributed by atoms with E-state index in [0.29, 0.717) is 44.0 Å². The molecule has 0 aliphatic carbocycles. The van der Waals surface area contributed by atoms with Crippen molar-refractivity contribution in [3.8, 4) is 0 Å². The molecular weight excluding hydrogens is 366 g/mol. The van der Waals surface area contributed by atoms with E-state index in [9.17, 15) is 13.2 Å². The van der Waals surface area contributed by atoms with Gasteiger partial charge in [-0.2, -0.15) is 4.31 Å². The highest BCUT2D eigenvalue weighted by molar-refractivity contribution is 7.89. The van der Waals surface area contributed by atoms with Gasteiger partial charge < -0.3 is 15.8 Å². The molecule has 3 N–H and O–H groups in total. The number of nitrogens with zero attached hydrogens (tertiary/aromatic N) is 1. The number of hydrogen-bond acceptors (Lipinski definition) is 5. The molecule has 142 valence electrons. The predicted octanol–water partition coefficient (Wildman–Crippen LogP) is 0.905. The Kier molecular flexibility index (Phi) is 7.40. The first-order valence-corrected chi connectivity index (χ1v) is 9.31. The Morgan fingerprint density at radius 3 is 2.48 bits per heavy atom. The van der Waals surface area contributed by atoms with E-state index >= 15 is 0 Å². The highest BCUT2D eigenvalue weighted by Crippen LogP contribution is 2.22. The van der Waals surface area contributed by atoms with Gasteiger partial charge in [-0.3, -0.25) is 4.79 Å². The summed E-state index contributed by atoms with van der Waals surface area (Å²) in [7, 11) is -3.64. The number of halogens is 1. The highest BCUT2D eigenvalue weighted by Gasteiger charge is 2.28. The van der Waals surface area contributed by atoms with E-state index in [1.165, 1.54) is 10.4 Å². The van der Waals surface area contributed by atoms with Crippen LogP contribution in [0, 0.1) is 6.92 Å². The van der Waals surface area contributed by atoms with Crippen LogP contribution in [0.1, 0.15) is 29.8 Å². The summed E-state index contributed by atoms with van der Waals surface area (Å²) in [5, 5.41) is 2.72. The second kappa shape index (κ2) is 8.46. The van der Waals surface area contributed by atoms with Crippen molar-refractivity contribution in [1.29, 1.82) is 0 Å². The first kappa shape index (κ1) is 21.9. The van der Waals surface area contributed by atoms with Crippen LogP contribution in [0.25, 0.3) is 0 Å². The van der Waals surface area contributed by atoms with Crippen molar-refractivity contribution in [2.75, 3.05) is 32.8 Å². The quantitative estimate of drug-likeness (QED) is 0.776. The normalized spacial score (nSPS) is 16.2. The monoisotopic (exact) mass is 391 g/mol. The second-order valence-electron chi connectivity index (χ2n) is 6.67. The Morgan fingerprint density at radius 2 is 1.92 bits per heavy atom. The Hall–Kier alpha value is -1.19. The first-order chi connectivity index (χ1) is 11.1. The number of hydrogen-bond donors (Lipinski definition) is 2. The van der Waals surface area contributed by atoms with Gasteiger partial charge >= 0.3 is 0 Å². The van der Waals surface area contributed by atoms with E-state index in [0.717, 1.165) is 0 Å². The first-order valence-electron chi connectivity index (χ1n) is 7.87. The molecule has 1 saturated heterocycles. The van der Waals surface area contributed by atoms with Crippen LogP contribution in [0.4, 0.5) is 0 Å². The van der Waals surface area contributed by atoms with Crippen LogP contribution in [0.3, 0.4) is 0 Å². The number of amides is 1. The van der Waals surface area contributed by atoms with Gasteiger partial charge in [0.1, 0.15) is 0 Å². The number of nitrogens with one attached hydrogen (secondary N) is 1. The van der Waals surface area contributed by atoms with Crippen LogP contribution in [-0.4, -0.2) is 57.0 Å². The van der Waals surface area contributed by atoms with E-state index < -0.39 is 15.6 Å². The van der Waals surface area contributed by atoms with Crippen LogP contribution >= 0.6 is 12.4 Å². The molecule has 1 aromatic rings. The van der Waals surface area contributed by atoms with Crippen molar-refractivity contribution in [3.63, 3.8) is 0 Å². The number of aryl methyl sites for hydroxylation is 1. The van der Waals surface area contributed by atoms with Gasteiger partial charge in [0.2, 0.25) is 10.0 Å². The molecule has 1 aliphatic rings. The van der Waals surface area contributed by atoms with Crippen LogP contribution in [0.2, 0.25) is 0 Å². The zero-order valence-electron chi connectivity index (χ0n) is 14.7. The average Bonchev–Trinajstić information content (AvgIpc) is 2.53. The standard InChI is InChI=1S/C16H25N3O4S.ClH/c1-12-4-5-13(15(20)18-11-16(2,3)17)10-14(12)24(21,22)19-6-8-23-9-7-19;/h4-5,10H,6-9,11,17H2,1-3H3,(H,18,20);1H. The third-order valence-electron chi connectivity index (χ3n) is 3.74. The van der Waals surface area contributed by atoms with Gasteiger partial charge in [0.25, 0.3) is 5.91 Å². The maximum absolute atomic E-state index is 12.8. The molecule has 25 heavy (non-hydrogen) atoms. The van der Waals surface area contributed by atoms with Crippen LogP contribution in [-0.2, 0) is 14.8 Å². The fourth-order valence-electron chi connectivity index (χ4n) is 2.36. The van der Waals surface area contributed by atoms with E-state index in [1.54, 1.807) is 32.9 Å². The maximum Gasteiger partial charge on any atom is 0.251 e. The molecule has 0 saturated carbocycles. The summed E-state index contributed by atoms with van der Waals surface area (Å²) in [6, 6.07) is 4.70. The van der Waals surface area contributed by atoms with Crippen LogP contribution in [0.5, 0.6) is 0 Å². The number of carbonyl (C=O) groups excluding carboxylic acids is 1. The molecule has 7 nitrogen and oxygen atoms in total. The molecule has 0 aromatic heterocycles. The fourth-order valence-corrected chi connectivity index (χ4v) is 4.01. The number of morpholine rings is 1. The third-order valence-corrected chi connectivity index (χ3v) is 5.78. The summed E-state index contributed by atoms with van der Waals surface area (Å²) in [5.41, 5.74) is 6.23. The summed E-state index contributed by atoms with van der Waals surface area (Å²) < 4.78 is 32.2. The number of carbonyl (C=O) groups is 1. The lowest BCUT2D eigenvalue weighted by atomic mass is 10.1. The van der Waals surface area contributed by atoms with E-state index in [2.05, 4.69) is 5.32 Å². The van der Waals surface area contributed by atoms with Crippen molar-refractivity contribution in [1.82, 2.24) is 9.62 Å². The minimum atomic E-state index is -3.64. The van der Waals surface area contributed by atoms with E-state index in [-0.39, 0.29) is 23.2 Å². The molecule has 1 aliphatic heterocycles. The topological polar surface area (TPSA) is 102 Å². The molecule has 0 spiro atoms. The van der Waals surface area contributed by atoms with Crippen molar-refractivity contribution >= 4 is 28.3 Å². The van der Waals surface area contributed by atoms with Gasteiger partial charge in [-0.15, -0.1) is 12.4 Å². The van der Waals surface area contributed by atoms with Crippen molar-refractivity contribution in [2.45, 2.75) is 31.2 Å². The maximum atomic E-state index is 12.8. The molecule has 1 aromatic carbocycles. The highest BCUT2D eigenvalue weighted by atomic mass is 35.5. The molecule has 2 rings (SSSR count). The number of sulfonamides is 1. The van der Waals surface area contributed by atoms with Gasteiger partial charge in [0.05, 0.1) is 18.1 Å². The SMILES string of the molecule is Cc1ccc(C(=O)NCC(C)(C)N)cc1S(=O)(=O)N1CCOCC1.Cl. The minimum Gasteiger partial charge on any atom is -0.379 e. The van der Waals surface area contributed by atoms with Gasteiger partial charge in [-0.1, -0.05) is 6.07 Å². The summed E-state index contributed by atoms with van der Waals surface area (Å²) >= 11 is 0. The smallest absolute Gasteiger partial charge is 0.251 e. The number of benzene rings is 1. The number of ether oxygens (including phenoxy) is 1. The lowest BCUT2D eigenvalue weighted by molar-refractivity contribution is 0.0730. The predicted molar refractivity (Wildman–Crippen MR) is 98.6 cm³/mol. The minimum absolute atomic E-state index is 0. The molecule has 0 radical (unpaired) electrons. The van der Waals surface area contributed by atoms with E-state index in [1.807, 2.05) is 0 Å². The Morgan fingerprint density at radius 1 is 1.32 bits per heavy atom. The molecule has 1 fully saturated rings. The van der Waals surface area contributed by atoms with Crippen molar-refractivity contribution in [2.24, 2.45) is 5.73 Å². The average molecular weight is 392 g/mol. The fraction of sp³-hybridized carbons (Fsp3) is 0.562. The third kappa shape index (κ3) is 5.65. The van der Waals surface area contributed by atoms with Crippen LogP contribution < -0.4 is 11.1 Å². The molecule has 0 bridgehead atoms. The molecule has 0 atom stereocenters. The number of nitrogens with two attached hydrogens (primary N) is 1. The van der Waals surface area contributed by atoms with Gasteiger partial charge in [0, 0.05) is 30.7 Å². The molecule has 9 heteroatoms. The van der Waals surface area contributed by atoms with Gasteiger partial charge in [-0.05, 0) is 38.5 Å². The Bertz CT molecular complexity index is 711. The van der Waals surface area contributed by atoms with Crippen molar-refractivity contribution < 1.29 is 17.9 Å². The van der Waals surface area contributed by atoms with Gasteiger partial charge in [0.15, 0.2) is 0 Å². The Balaban J connectivity index is 0.00000312. The summed E-state index contributed by atoms with van der Waals surface area (Å²) in [4.78, 5) is 12.4. The summed E-state index contributed by atoms with van der Waals surface area (Å²) in [6.07, 6.45) is 0. The molecule has 0 unspecified atom stereocenters. The zero-order valence-corrected chi connectivity index (χ0v) is 16.4. The molecular formula is C16H26ClN3O4S. The molecule has 1 heterocycles. The van der Waals surface area contributed by atoms with Gasteiger partial charge in [-0.25, -0.2) is 8.42 Å². The van der Waals surface area contributed by atoms with Crippen LogP contribution in [0.15, 0.2) is 23.1 Å². The van der Waals surface area contributed by atoms with E-state index in [4.69, 9.17) is 10.5 Å². The largest absolute Gasteiger partial charge is 0.379 e. The molecule has 1 amide bonds. The number of rotatable bonds is 5. The lowest BCUT2D eigenvalue weighted by Crippen LogP contribution is -2.45. The summed E-state index contributed by atoms with van der Waals surface area (Å²) in [5.74, 6) is -0.341. The lowest BCUT2D eigenvalue weighted by Gasteiger charge is -2.27.